The van der Waals surface area contributed by atoms with E-state index in [9.17, 15) is 18.0 Å². The van der Waals surface area contributed by atoms with Gasteiger partial charge in [0.05, 0.1) is 5.69 Å². The van der Waals surface area contributed by atoms with E-state index in [4.69, 9.17) is 0 Å². The molecule has 138 valence electrons. The van der Waals surface area contributed by atoms with Crippen molar-refractivity contribution in [2.75, 3.05) is 0 Å². The number of rotatable bonds is 5. The summed E-state index contributed by atoms with van der Waals surface area (Å²) in [5.41, 5.74) is 2.15. The van der Waals surface area contributed by atoms with Crippen LogP contribution < -0.4 is 5.32 Å². The fraction of sp³-hybridized carbons (Fsp3) is 0.200. The van der Waals surface area contributed by atoms with Crippen molar-refractivity contribution in [1.82, 2.24) is 15.3 Å². The van der Waals surface area contributed by atoms with Gasteiger partial charge in [0.1, 0.15) is 17.3 Å². The zero-order valence-electron chi connectivity index (χ0n) is 14.2. The first-order valence-electron chi connectivity index (χ1n) is 8.59. The molecule has 1 aliphatic rings. The van der Waals surface area contributed by atoms with Crippen LogP contribution in [-0.4, -0.2) is 15.9 Å². The van der Waals surface area contributed by atoms with Gasteiger partial charge in [0.15, 0.2) is 11.6 Å². The largest absolute Gasteiger partial charge is 0.347 e. The van der Waals surface area contributed by atoms with E-state index in [1.807, 2.05) is 0 Å². The molecular weight excluding hydrogens is 355 g/mol. The average molecular weight is 371 g/mol. The maximum atomic E-state index is 13.3. The van der Waals surface area contributed by atoms with Crippen LogP contribution in [0.1, 0.15) is 40.5 Å². The third-order valence-electron chi connectivity index (χ3n) is 4.49. The normalized spacial score (nSPS) is 13.6. The van der Waals surface area contributed by atoms with Crippen molar-refractivity contribution in [2.45, 2.75) is 25.3 Å². The quantitative estimate of drug-likeness (QED) is 0.703. The second-order valence-electron chi connectivity index (χ2n) is 6.56. The summed E-state index contributed by atoms with van der Waals surface area (Å²) in [4.78, 5) is 20.2. The van der Waals surface area contributed by atoms with Crippen LogP contribution in [0.2, 0.25) is 0 Å². The minimum absolute atomic E-state index is 0.0544. The van der Waals surface area contributed by atoms with E-state index in [-0.39, 0.29) is 24.0 Å². The predicted octanol–water partition coefficient (Wildman–Crippen LogP) is 4.30. The highest BCUT2D eigenvalue weighted by atomic mass is 19.2. The minimum Gasteiger partial charge on any atom is -0.347 e. The number of carbonyl (C=O) groups excluding carboxylic acids is 1. The highest BCUT2D eigenvalue weighted by molar-refractivity contribution is 5.94. The summed E-state index contributed by atoms with van der Waals surface area (Å²) < 4.78 is 39.4. The summed E-state index contributed by atoms with van der Waals surface area (Å²) >= 11 is 0. The second kappa shape index (κ2) is 6.90. The smallest absolute Gasteiger partial charge is 0.272 e. The maximum absolute atomic E-state index is 13.3. The standard InChI is InChI=1S/C20H16F3N3O/c21-14-6-4-13(5-7-14)19-25-17(12-2-3-12)18(26-19)20(27)24-10-11-1-8-15(22)16(23)9-11/h1,4-9,12H,2-3,10H2,(H,24,27)(H,25,26). The number of halogens is 3. The summed E-state index contributed by atoms with van der Waals surface area (Å²) in [6.07, 6.45) is 1.93. The molecule has 0 saturated heterocycles. The lowest BCUT2D eigenvalue weighted by atomic mass is 10.2. The SMILES string of the molecule is O=C(NCc1ccc(F)c(F)c1)c1nc(-c2ccc(F)cc2)[nH]c1C1CC1. The lowest BCUT2D eigenvalue weighted by Gasteiger charge is -2.05. The molecule has 4 rings (SSSR count). The Morgan fingerprint density at radius 2 is 1.81 bits per heavy atom. The van der Waals surface area contributed by atoms with Crippen LogP contribution in [0.4, 0.5) is 13.2 Å². The molecule has 0 radical (unpaired) electrons. The van der Waals surface area contributed by atoms with Crippen molar-refractivity contribution in [3.63, 3.8) is 0 Å². The van der Waals surface area contributed by atoms with Crippen molar-refractivity contribution in [2.24, 2.45) is 0 Å². The Morgan fingerprint density at radius 1 is 1.07 bits per heavy atom. The van der Waals surface area contributed by atoms with Crippen molar-refractivity contribution >= 4 is 5.91 Å². The molecule has 0 spiro atoms. The number of nitrogens with zero attached hydrogens (tertiary/aromatic N) is 1. The monoisotopic (exact) mass is 371 g/mol. The number of imidazole rings is 1. The van der Waals surface area contributed by atoms with Gasteiger partial charge in [-0.2, -0.15) is 0 Å². The second-order valence-corrected chi connectivity index (χ2v) is 6.56. The maximum Gasteiger partial charge on any atom is 0.272 e. The average Bonchev–Trinajstić information content (AvgIpc) is 3.41. The summed E-state index contributed by atoms with van der Waals surface area (Å²) in [6, 6.07) is 9.32. The Morgan fingerprint density at radius 3 is 2.48 bits per heavy atom. The Bertz CT molecular complexity index is 994. The molecular formula is C20H16F3N3O. The molecule has 1 fully saturated rings. The number of nitrogens with one attached hydrogen (secondary N) is 2. The third-order valence-corrected chi connectivity index (χ3v) is 4.49. The van der Waals surface area contributed by atoms with Crippen molar-refractivity contribution in [3.8, 4) is 11.4 Å². The Kier molecular flexibility index (Phi) is 4.43. The number of H-pyrrole nitrogens is 1. The molecule has 0 atom stereocenters. The molecule has 1 amide bonds. The molecule has 2 N–H and O–H groups in total. The highest BCUT2D eigenvalue weighted by Gasteiger charge is 2.31. The van der Waals surface area contributed by atoms with Gasteiger partial charge in [-0.15, -0.1) is 0 Å². The lowest BCUT2D eigenvalue weighted by molar-refractivity contribution is 0.0945. The van der Waals surface area contributed by atoms with Gasteiger partial charge in [-0.25, -0.2) is 18.2 Å². The van der Waals surface area contributed by atoms with Crippen molar-refractivity contribution in [1.29, 1.82) is 0 Å². The van der Waals surface area contributed by atoms with E-state index >= 15 is 0 Å². The number of hydrogen-bond acceptors (Lipinski definition) is 2. The summed E-state index contributed by atoms with van der Waals surface area (Å²) in [6.45, 7) is 0.0544. The van der Waals surface area contributed by atoms with Gasteiger partial charge in [-0.1, -0.05) is 6.07 Å². The Labute approximate surface area is 153 Å². The van der Waals surface area contributed by atoms with E-state index in [0.29, 0.717) is 17.0 Å². The minimum atomic E-state index is -0.959. The zero-order chi connectivity index (χ0) is 19.0. The van der Waals surface area contributed by atoms with Crippen LogP contribution in [0.15, 0.2) is 42.5 Å². The summed E-state index contributed by atoms with van der Waals surface area (Å²) in [5, 5.41) is 2.69. The van der Waals surface area contributed by atoms with E-state index in [0.717, 1.165) is 30.7 Å². The van der Waals surface area contributed by atoms with Crippen molar-refractivity contribution < 1.29 is 18.0 Å². The topological polar surface area (TPSA) is 57.8 Å². The molecule has 1 heterocycles. The zero-order valence-corrected chi connectivity index (χ0v) is 14.2. The molecule has 0 aliphatic heterocycles. The number of carbonyl (C=O) groups is 1. The van der Waals surface area contributed by atoms with Gasteiger partial charge >= 0.3 is 0 Å². The van der Waals surface area contributed by atoms with E-state index < -0.39 is 17.5 Å². The molecule has 1 aromatic heterocycles. The van der Waals surface area contributed by atoms with Gasteiger partial charge in [-0.05, 0) is 54.8 Å². The lowest BCUT2D eigenvalue weighted by Crippen LogP contribution is -2.24. The third kappa shape index (κ3) is 3.72. The van der Waals surface area contributed by atoms with Crippen LogP contribution in [0.5, 0.6) is 0 Å². The molecule has 4 nitrogen and oxygen atoms in total. The number of benzene rings is 2. The van der Waals surface area contributed by atoms with Gasteiger partial charge in [0.2, 0.25) is 0 Å². The molecule has 1 aliphatic carbocycles. The Balaban J connectivity index is 1.55. The fourth-order valence-corrected chi connectivity index (χ4v) is 2.89. The number of amides is 1. The highest BCUT2D eigenvalue weighted by Crippen LogP contribution is 2.41. The fourth-order valence-electron chi connectivity index (χ4n) is 2.89. The molecule has 3 aromatic rings. The first kappa shape index (κ1) is 17.3. The van der Waals surface area contributed by atoms with Crippen LogP contribution >= 0.6 is 0 Å². The van der Waals surface area contributed by atoms with Crippen molar-refractivity contribution in [3.05, 3.63) is 76.9 Å². The first-order valence-corrected chi connectivity index (χ1v) is 8.59. The van der Waals surface area contributed by atoms with Gasteiger partial charge in [0, 0.05) is 18.0 Å². The Hall–Kier alpha value is -3.09. The molecule has 0 bridgehead atoms. The van der Waals surface area contributed by atoms with Crippen LogP contribution in [0.25, 0.3) is 11.4 Å². The molecule has 2 aromatic carbocycles. The van der Waals surface area contributed by atoms with Gasteiger partial charge in [0.25, 0.3) is 5.91 Å². The van der Waals surface area contributed by atoms with E-state index in [2.05, 4.69) is 15.3 Å². The van der Waals surface area contributed by atoms with Crippen LogP contribution in [-0.2, 0) is 6.54 Å². The molecule has 27 heavy (non-hydrogen) atoms. The summed E-state index contributed by atoms with van der Waals surface area (Å²) in [5.74, 6) is -1.90. The number of aromatic amines is 1. The first-order chi connectivity index (χ1) is 13.0. The number of hydrogen-bond donors (Lipinski definition) is 2. The van der Waals surface area contributed by atoms with E-state index in [1.165, 1.54) is 18.2 Å². The number of aromatic nitrogens is 2. The van der Waals surface area contributed by atoms with Crippen LogP contribution in [0.3, 0.4) is 0 Å². The van der Waals surface area contributed by atoms with E-state index in [1.54, 1.807) is 12.1 Å². The summed E-state index contributed by atoms with van der Waals surface area (Å²) in [7, 11) is 0. The predicted molar refractivity (Wildman–Crippen MR) is 93.5 cm³/mol. The van der Waals surface area contributed by atoms with Crippen LogP contribution in [0, 0.1) is 17.5 Å². The van der Waals surface area contributed by atoms with Gasteiger partial charge < -0.3 is 10.3 Å². The molecule has 1 saturated carbocycles. The van der Waals surface area contributed by atoms with Gasteiger partial charge in [-0.3, -0.25) is 4.79 Å². The molecule has 0 unspecified atom stereocenters. The molecule has 7 heteroatoms.